The Balaban J connectivity index is 2.29. The number of hydrogen-bond donors (Lipinski definition) is 2. The summed E-state index contributed by atoms with van der Waals surface area (Å²) in [5.41, 5.74) is 0.632. The summed E-state index contributed by atoms with van der Waals surface area (Å²) in [4.78, 5) is 0.233. The van der Waals surface area contributed by atoms with E-state index in [1.54, 1.807) is 13.0 Å². The number of ether oxygens (including phenoxy) is 2. The molecule has 124 valence electrons. The molecule has 0 radical (unpaired) electrons. The van der Waals surface area contributed by atoms with E-state index in [1.165, 1.54) is 20.3 Å². The Morgan fingerprint density at radius 3 is 2.45 bits per heavy atom. The molecular formula is C15H24N2O4S. The molecular weight excluding hydrogens is 304 g/mol. The zero-order valence-electron chi connectivity index (χ0n) is 13.5. The highest BCUT2D eigenvalue weighted by Gasteiger charge is 2.26. The van der Waals surface area contributed by atoms with Crippen LogP contribution in [-0.4, -0.2) is 41.3 Å². The topological polar surface area (TPSA) is 76.7 Å². The van der Waals surface area contributed by atoms with Crippen LogP contribution >= 0.6 is 0 Å². The minimum absolute atomic E-state index is 0.0475. The van der Waals surface area contributed by atoms with Crippen LogP contribution in [0.25, 0.3) is 0 Å². The fourth-order valence-corrected chi connectivity index (χ4v) is 4.30. The van der Waals surface area contributed by atoms with Crippen LogP contribution in [0.5, 0.6) is 11.5 Å². The van der Waals surface area contributed by atoms with Crippen molar-refractivity contribution < 1.29 is 17.9 Å². The van der Waals surface area contributed by atoms with Crippen LogP contribution in [0.15, 0.2) is 17.0 Å². The number of piperidine rings is 1. The maximum absolute atomic E-state index is 12.7. The molecule has 1 heterocycles. The second-order valence-electron chi connectivity index (χ2n) is 5.67. The highest BCUT2D eigenvalue weighted by Crippen LogP contribution is 2.32. The van der Waals surface area contributed by atoms with Crippen LogP contribution < -0.4 is 19.5 Å². The van der Waals surface area contributed by atoms with Crippen LogP contribution in [0.2, 0.25) is 0 Å². The van der Waals surface area contributed by atoms with E-state index in [0.717, 1.165) is 19.4 Å². The largest absolute Gasteiger partial charge is 0.493 e. The second kappa shape index (κ2) is 6.85. The van der Waals surface area contributed by atoms with Crippen LogP contribution in [0.4, 0.5) is 0 Å². The Bertz CT molecular complexity index is 631. The summed E-state index contributed by atoms with van der Waals surface area (Å²) >= 11 is 0. The van der Waals surface area contributed by atoms with Crippen molar-refractivity contribution in [3.63, 3.8) is 0 Å². The van der Waals surface area contributed by atoms with Gasteiger partial charge >= 0.3 is 0 Å². The van der Waals surface area contributed by atoms with E-state index in [4.69, 9.17) is 9.47 Å². The van der Waals surface area contributed by atoms with E-state index < -0.39 is 10.0 Å². The molecule has 1 aliphatic heterocycles. The monoisotopic (exact) mass is 328 g/mol. The lowest BCUT2D eigenvalue weighted by atomic mass is 10.0. The highest BCUT2D eigenvalue weighted by molar-refractivity contribution is 7.89. The van der Waals surface area contributed by atoms with Gasteiger partial charge in [-0.15, -0.1) is 0 Å². The van der Waals surface area contributed by atoms with Gasteiger partial charge in [0, 0.05) is 18.2 Å². The van der Waals surface area contributed by atoms with Crippen molar-refractivity contribution in [3.8, 4) is 11.5 Å². The van der Waals surface area contributed by atoms with E-state index in [2.05, 4.69) is 17.0 Å². The Hall–Kier alpha value is -1.31. The Labute approximate surface area is 132 Å². The lowest BCUT2D eigenvalue weighted by Gasteiger charge is -2.28. The fourth-order valence-electron chi connectivity index (χ4n) is 2.77. The maximum atomic E-state index is 12.7. The molecule has 2 N–H and O–H groups in total. The van der Waals surface area contributed by atoms with E-state index in [9.17, 15) is 8.42 Å². The van der Waals surface area contributed by atoms with Crippen LogP contribution in [0.1, 0.15) is 25.3 Å². The molecule has 0 bridgehead atoms. The van der Waals surface area contributed by atoms with Crippen molar-refractivity contribution in [1.82, 2.24) is 10.0 Å². The van der Waals surface area contributed by atoms with Gasteiger partial charge in [0.1, 0.15) is 0 Å². The molecule has 1 aromatic rings. The minimum Gasteiger partial charge on any atom is -0.493 e. The van der Waals surface area contributed by atoms with Crippen molar-refractivity contribution in [2.45, 2.75) is 43.7 Å². The molecule has 2 rings (SSSR count). The fraction of sp³-hybridized carbons (Fsp3) is 0.600. The van der Waals surface area contributed by atoms with E-state index in [-0.39, 0.29) is 10.9 Å². The number of methoxy groups -OCH3 is 2. The Morgan fingerprint density at radius 2 is 1.86 bits per heavy atom. The molecule has 22 heavy (non-hydrogen) atoms. The quantitative estimate of drug-likeness (QED) is 0.855. The van der Waals surface area contributed by atoms with Gasteiger partial charge in [-0.3, -0.25) is 0 Å². The zero-order valence-corrected chi connectivity index (χ0v) is 14.3. The summed E-state index contributed by atoms with van der Waals surface area (Å²) in [5.74, 6) is 0.932. The standard InChI is InChI=1S/C15H24N2O4S/c1-10-7-13(20-3)14(21-4)9-15(10)22(18,19)17-12-5-6-16-11(2)8-12/h7,9,11-12,16-17H,5-6,8H2,1-4H3. The predicted molar refractivity (Wildman–Crippen MR) is 85.1 cm³/mol. The van der Waals surface area contributed by atoms with Crippen molar-refractivity contribution >= 4 is 10.0 Å². The number of rotatable bonds is 5. The zero-order chi connectivity index (χ0) is 16.3. The summed E-state index contributed by atoms with van der Waals surface area (Å²) in [6.07, 6.45) is 1.57. The lowest BCUT2D eigenvalue weighted by Crippen LogP contribution is -2.46. The molecule has 7 heteroatoms. The Kier molecular flexibility index (Phi) is 5.31. The first-order valence-corrected chi connectivity index (χ1v) is 8.84. The van der Waals surface area contributed by atoms with Gasteiger partial charge in [0.05, 0.1) is 19.1 Å². The number of hydrogen-bond acceptors (Lipinski definition) is 5. The van der Waals surface area contributed by atoms with Crippen LogP contribution in [0.3, 0.4) is 0 Å². The molecule has 1 aromatic carbocycles. The minimum atomic E-state index is -3.58. The van der Waals surface area contributed by atoms with Crippen molar-refractivity contribution in [3.05, 3.63) is 17.7 Å². The van der Waals surface area contributed by atoms with Crippen LogP contribution in [0, 0.1) is 6.92 Å². The molecule has 2 unspecified atom stereocenters. The lowest BCUT2D eigenvalue weighted by molar-refractivity contribution is 0.352. The van der Waals surface area contributed by atoms with E-state index >= 15 is 0 Å². The molecule has 2 atom stereocenters. The first kappa shape index (κ1) is 17.1. The van der Waals surface area contributed by atoms with Gasteiger partial charge in [-0.2, -0.15) is 0 Å². The molecule has 1 fully saturated rings. The molecule has 0 aromatic heterocycles. The molecule has 0 amide bonds. The SMILES string of the molecule is COc1cc(C)c(S(=O)(=O)NC2CCNC(C)C2)cc1OC. The van der Waals surface area contributed by atoms with Gasteiger partial charge in [-0.05, 0) is 44.9 Å². The smallest absolute Gasteiger partial charge is 0.241 e. The summed E-state index contributed by atoms with van der Waals surface area (Å²) in [5, 5.41) is 3.31. The third-order valence-electron chi connectivity index (χ3n) is 3.92. The first-order chi connectivity index (χ1) is 10.4. The number of benzene rings is 1. The van der Waals surface area contributed by atoms with Crippen molar-refractivity contribution in [2.24, 2.45) is 0 Å². The van der Waals surface area contributed by atoms with Crippen LogP contribution in [-0.2, 0) is 10.0 Å². The molecule has 0 spiro atoms. The second-order valence-corrected chi connectivity index (χ2v) is 7.35. The number of sulfonamides is 1. The third-order valence-corrected chi connectivity index (χ3v) is 5.58. The molecule has 6 nitrogen and oxygen atoms in total. The van der Waals surface area contributed by atoms with Gasteiger partial charge < -0.3 is 14.8 Å². The van der Waals surface area contributed by atoms with Crippen molar-refractivity contribution in [1.29, 1.82) is 0 Å². The molecule has 1 saturated heterocycles. The van der Waals surface area contributed by atoms with E-state index in [1.807, 2.05) is 0 Å². The Morgan fingerprint density at radius 1 is 1.23 bits per heavy atom. The predicted octanol–water partition coefficient (Wildman–Crippen LogP) is 1.43. The summed E-state index contributed by atoms with van der Waals surface area (Å²) in [6, 6.07) is 3.46. The van der Waals surface area contributed by atoms with Gasteiger partial charge in [-0.1, -0.05) is 0 Å². The molecule has 1 aliphatic rings. The van der Waals surface area contributed by atoms with Gasteiger partial charge in [0.2, 0.25) is 10.0 Å². The normalized spacial score (nSPS) is 22.4. The van der Waals surface area contributed by atoms with Gasteiger partial charge in [0.15, 0.2) is 11.5 Å². The summed E-state index contributed by atoms with van der Waals surface area (Å²) in [6.45, 7) is 4.63. The molecule has 0 aliphatic carbocycles. The average molecular weight is 328 g/mol. The summed E-state index contributed by atoms with van der Waals surface area (Å²) < 4.78 is 38.6. The number of aryl methyl sites for hydroxylation is 1. The van der Waals surface area contributed by atoms with Gasteiger partial charge in [-0.25, -0.2) is 13.1 Å². The summed E-state index contributed by atoms with van der Waals surface area (Å²) in [7, 11) is -0.565. The third kappa shape index (κ3) is 3.71. The van der Waals surface area contributed by atoms with Crippen molar-refractivity contribution in [2.75, 3.05) is 20.8 Å². The maximum Gasteiger partial charge on any atom is 0.241 e. The highest BCUT2D eigenvalue weighted by atomic mass is 32.2. The van der Waals surface area contributed by atoms with Gasteiger partial charge in [0.25, 0.3) is 0 Å². The first-order valence-electron chi connectivity index (χ1n) is 7.35. The number of nitrogens with one attached hydrogen (secondary N) is 2. The van der Waals surface area contributed by atoms with E-state index in [0.29, 0.717) is 23.1 Å². The molecule has 0 saturated carbocycles. The average Bonchev–Trinajstić information content (AvgIpc) is 2.46.